The molecular weight excluding hydrogens is 306 g/mol. The Morgan fingerprint density at radius 3 is 2.79 bits per heavy atom. The van der Waals surface area contributed by atoms with Gasteiger partial charge in [-0.05, 0) is 24.5 Å². The number of amides is 2. The van der Waals surface area contributed by atoms with Crippen molar-refractivity contribution in [3.63, 3.8) is 0 Å². The van der Waals surface area contributed by atoms with Crippen molar-refractivity contribution in [3.8, 4) is 17.1 Å². The van der Waals surface area contributed by atoms with Gasteiger partial charge < -0.3 is 19.9 Å². The van der Waals surface area contributed by atoms with Gasteiger partial charge >= 0.3 is 6.03 Å². The lowest BCUT2D eigenvalue weighted by Gasteiger charge is -2.08. The van der Waals surface area contributed by atoms with E-state index in [0.717, 1.165) is 23.4 Å². The minimum absolute atomic E-state index is 0.146. The predicted molar refractivity (Wildman–Crippen MR) is 93.1 cm³/mol. The molecule has 0 saturated heterocycles. The van der Waals surface area contributed by atoms with Crippen LogP contribution in [0.1, 0.15) is 26.0 Å². The molecule has 0 spiro atoms. The second-order valence-electron chi connectivity index (χ2n) is 6.03. The van der Waals surface area contributed by atoms with Gasteiger partial charge in [0.05, 0.1) is 12.8 Å². The zero-order valence-electron chi connectivity index (χ0n) is 14.5. The van der Waals surface area contributed by atoms with Crippen molar-refractivity contribution < 1.29 is 14.1 Å². The molecule has 0 atom stereocenters. The highest BCUT2D eigenvalue weighted by atomic mass is 16.5. The zero-order valence-corrected chi connectivity index (χ0v) is 14.5. The largest absolute Gasteiger partial charge is 0.497 e. The Bertz CT molecular complexity index is 652. The van der Waals surface area contributed by atoms with Gasteiger partial charge in [0, 0.05) is 31.1 Å². The maximum absolute atomic E-state index is 11.6. The van der Waals surface area contributed by atoms with E-state index in [1.54, 1.807) is 7.11 Å². The third-order valence-electron chi connectivity index (χ3n) is 3.59. The molecule has 0 radical (unpaired) electrons. The number of carbonyl (C=O) groups excluding carboxylic acids is 1. The molecule has 2 N–H and O–H groups in total. The van der Waals surface area contributed by atoms with Crippen molar-refractivity contribution in [2.45, 2.75) is 26.7 Å². The molecule has 6 heteroatoms. The molecule has 24 heavy (non-hydrogen) atoms. The molecule has 2 aromatic rings. The summed E-state index contributed by atoms with van der Waals surface area (Å²) in [7, 11) is 1.63. The molecule has 1 heterocycles. The monoisotopic (exact) mass is 331 g/mol. The number of carbonyl (C=O) groups is 1. The Labute approximate surface area is 142 Å². The Hall–Kier alpha value is -2.50. The van der Waals surface area contributed by atoms with Gasteiger partial charge in [-0.25, -0.2) is 4.79 Å². The second kappa shape index (κ2) is 8.96. The first-order chi connectivity index (χ1) is 11.6. The van der Waals surface area contributed by atoms with Crippen LogP contribution in [0.15, 0.2) is 34.9 Å². The highest BCUT2D eigenvalue weighted by molar-refractivity contribution is 5.73. The molecular formula is C18H25N3O3. The first-order valence-corrected chi connectivity index (χ1v) is 8.20. The van der Waals surface area contributed by atoms with Gasteiger partial charge in [-0.1, -0.05) is 31.1 Å². The Morgan fingerprint density at radius 1 is 1.25 bits per heavy atom. The van der Waals surface area contributed by atoms with Gasteiger partial charge in [-0.2, -0.15) is 0 Å². The number of rotatable bonds is 8. The van der Waals surface area contributed by atoms with Gasteiger partial charge in [0.15, 0.2) is 5.76 Å². The van der Waals surface area contributed by atoms with Crippen molar-refractivity contribution in [2.24, 2.45) is 5.92 Å². The molecule has 0 unspecified atom stereocenters. The maximum Gasteiger partial charge on any atom is 0.314 e. The Balaban J connectivity index is 1.78. The van der Waals surface area contributed by atoms with Crippen LogP contribution >= 0.6 is 0 Å². The van der Waals surface area contributed by atoms with E-state index in [0.29, 0.717) is 31.2 Å². The summed E-state index contributed by atoms with van der Waals surface area (Å²) >= 11 is 0. The lowest BCUT2D eigenvalue weighted by molar-refractivity contribution is 0.240. The molecule has 1 aromatic carbocycles. The fraction of sp³-hybridized carbons (Fsp3) is 0.444. The minimum Gasteiger partial charge on any atom is -0.497 e. The molecule has 1 aromatic heterocycles. The molecule has 2 amide bonds. The topological polar surface area (TPSA) is 76.4 Å². The number of hydrogen-bond donors (Lipinski definition) is 2. The van der Waals surface area contributed by atoms with Gasteiger partial charge in [-0.3, -0.25) is 0 Å². The van der Waals surface area contributed by atoms with Crippen LogP contribution in [0, 0.1) is 5.92 Å². The lowest BCUT2D eigenvalue weighted by Crippen LogP contribution is -2.37. The standard InChI is InChI=1S/C18H25N3O3/c1-13(2)7-9-19-18(22)20-10-8-15-12-17(24-21-15)14-5-4-6-16(11-14)23-3/h4-6,11-13H,7-10H2,1-3H3,(H2,19,20,22). The van der Waals surface area contributed by atoms with Crippen molar-refractivity contribution in [3.05, 3.63) is 36.0 Å². The molecule has 0 fully saturated rings. The van der Waals surface area contributed by atoms with Crippen molar-refractivity contribution in [2.75, 3.05) is 20.2 Å². The summed E-state index contributed by atoms with van der Waals surface area (Å²) in [6, 6.07) is 9.35. The first kappa shape index (κ1) is 17.8. The van der Waals surface area contributed by atoms with E-state index in [4.69, 9.17) is 9.26 Å². The first-order valence-electron chi connectivity index (χ1n) is 8.20. The van der Waals surface area contributed by atoms with Crippen LogP contribution in [0.5, 0.6) is 5.75 Å². The fourth-order valence-electron chi connectivity index (χ4n) is 2.18. The fourth-order valence-corrected chi connectivity index (χ4v) is 2.18. The SMILES string of the molecule is COc1cccc(-c2cc(CCNC(=O)NCCC(C)C)no2)c1. The van der Waals surface area contributed by atoms with Crippen LogP contribution in [0.25, 0.3) is 11.3 Å². The summed E-state index contributed by atoms with van der Waals surface area (Å²) in [5, 5.41) is 9.70. The van der Waals surface area contributed by atoms with Crippen LogP contribution in [0.4, 0.5) is 4.79 Å². The molecule has 0 aliphatic rings. The summed E-state index contributed by atoms with van der Waals surface area (Å²) in [4.78, 5) is 11.6. The molecule has 6 nitrogen and oxygen atoms in total. The zero-order chi connectivity index (χ0) is 17.4. The van der Waals surface area contributed by atoms with Crippen LogP contribution in [-0.2, 0) is 6.42 Å². The number of nitrogens with zero attached hydrogens (tertiary/aromatic N) is 1. The summed E-state index contributed by atoms with van der Waals surface area (Å²) in [6.45, 7) is 5.46. The maximum atomic E-state index is 11.6. The van der Waals surface area contributed by atoms with E-state index in [9.17, 15) is 4.79 Å². The molecule has 2 rings (SSSR count). The normalized spacial score (nSPS) is 10.7. The highest BCUT2D eigenvalue weighted by Crippen LogP contribution is 2.24. The number of methoxy groups -OCH3 is 1. The summed E-state index contributed by atoms with van der Waals surface area (Å²) < 4.78 is 10.6. The van der Waals surface area contributed by atoms with Crippen molar-refractivity contribution in [1.82, 2.24) is 15.8 Å². The number of urea groups is 1. The van der Waals surface area contributed by atoms with Crippen LogP contribution in [-0.4, -0.2) is 31.4 Å². The van der Waals surface area contributed by atoms with Crippen LogP contribution in [0.3, 0.4) is 0 Å². The van der Waals surface area contributed by atoms with Gasteiger partial charge in [0.1, 0.15) is 5.75 Å². The van der Waals surface area contributed by atoms with Gasteiger partial charge in [0.25, 0.3) is 0 Å². The number of ether oxygens (including phenoxy) is 1. The van der Waals surface area contributed by atoms with Crippen LogP contribution in [0.2, 0.25) is 0 Å². The number of hydrogen-bond acceptors (Lipinski definition) is 4. The van der Waals surface area contributed by atoms with E-state index in [2.05, 4.69) is 29.6 Å². The van der Waals surface area contributed by atoms with E-state index in [-0.39, 0.29) is 6.03 Å². The highest BCUT2D eigenvalue weighted by Gasteiger charge is 2.08. The average Bonchev–Trinajstić information content (AvgIpc) is 3.03. The summed E-state index contributed by atoms with van der Waals surface area (Å²) in [6.07, 6.45) is 1.59. The summed E-state index contributed by atoms with van der Waals surface area (Å²) in [5.74, 6) is 2.03. The lowest BCUT2D eigenvalue weighted by atomic mass is 10.1. The Kier molecular flexibility index (Phi) is 6.66. The molecule has 0 bridgehead atoms. The number of aromatic nitrogens is 1. The number of benzene rings is 1. The van der Waals surface area contributed by atoms with E-state index >= 15 is 0 Å². The van der Waals surface area contributed by atoms with E-state index in [1.807, 2.05) is 30.3 Å². The minimum atomic E-state index is -0.146. The third-order valence-corrected chi connectivity index (χ3v) is 3.59. The average molecular weight is 331 g/mol. The molecule has 130 valence electrons. The smallest absolute Gasteiger partial charge is 0.314 e. The summed E-state index contributed by atoms with van der Waals surface area (Å²) in [5.41, 5.74) is 1.71. The Morgan fingerprint density at radius 2 is 2.04 bits per heavy atom. The van der Waals surface area contributed by atoms with E-state index in [1.165, 1.54) is 0 Å². The van der Waals surface area contributed by atoms with Crippen molar-refractivity contribution in [1.29, 1.82) is 0 Å². The predicted octanol–water partition coefficient (Wildman–Crippen LogP) is 3.24. The van der Waals surface area contributed by atoms with Crippen LogP contribution < -0.4 is 15.4 Å². The van der Waals surface area contributed by atoms with Gasteiger partial charge in [0.2, 0.25) is 0 Å². The third kappa shape index (κ3) is 5.61. The molecule has 0 saturated carbocycles. The molecule has 0 aliphatic heterocycles. The second-order valence-corrected chi connectivity index (χ2v) is 6.03. The molecule has 0 aliphatic carbocycles. The number of nitrogens with one attached hydrogen (secondary N) is 2. The van der Waals surface area contributed by atoms with Crippen molar-refractivity contribution >= 4 is 6.03 Å². The van der Waals surface area contributed by atoms with E-state index < -0.39 is 0 Å². The quantitative estimate of drug-likeness (QED) is 0.778. The van der Waals surface area contributed by atoms with Gasteiger partial charge in [-0.15, -0.1) is 0 Å².